The fourth-order valence-corrected chi connectivity index (χ4v) is 1.94. The summed E-state index contributed by atoms with van der Waals surface area (Å²) >= 11 is 0. The van der Waals surface area contributed by atoms with Gasteiger partial charge in [0.25, 0.3) is 0 Å². The third-order valence-corrected chi connectivity index (χ3v) is 3.08. The zero-order chi connectivity index (χ0) is 16.9. The van der Waals surface area contributed by atoms with E-state index in [2.05, 4.69) is 5.32 Å². The fraction of sp³-hybridized carbons (Fsp3) is 0.500. The van der Waals surface area contributed by atoms with E-state index >= 15 is 0 Å². The summed E-state index contributed by atoms with van der Waals surface area (Å²) in [5.41, 5.74) is 0.0977. The van der Waals surface area contributed by atoms with Crippen molar-refractivity contribution >= 4 is 12.1 Å². The molecule has 0 heterocycles. The molecule has 0 fully saturated rings. The zero-order valence-corrected chi connectivity index (χ0v) is 13.5. The zero-order valence-electron chi connectivity index (χ0n) is 13.5. The van der Waals surface area contributed by atoms with Gasteiger partial charge in [0, 0.05) is 5.92 Å². The second-order valence-corrected chi connectivity index (χ2v) is 6.02. The van der Waals surface area contributed by atoms with E-state index in [9.17, 15) is 14.7 Å². The molecule has 0 unspecified atom stereocenters. The molecule has 0 spiro atoms. The number of benzene rings is 1. The van der Waals surface area contributed by atoms with E-state index in [1.165, 1.54) is 0 Å². The van der Waals surface area contributed by atoms with Crippen LogP contribution in [-0.4, -0.2) is 35.9 Å². The molecule has 0 aliphatic carbocycles. The Balaban J connectivity index is 2.85. The van der Waals surface area contributed by atoms with Gasteiger partial charge in [-0.05, 0) is 38.5 Å². The highest BCUT2D eigenvalue weighted by molar-refractivity contribution is 5.81. The Hall–Kier alpha value is -2.24. The Kier molecular flexibility index (Phi) is 5.79. The predicted octanol–water partition coefficient (Wildman–Crippen LogP) is 2.78. The number of carboxylic acid groups (broad SMARTS) is 1. The van der Waals surface area contributed by atoms with Gasteiger partial charge in [0.05, 0.1) is 7.11 Å². The molecule has 1 aromatic rings. The number of carbonyl (C=O) groups excluding carboxylic acids is 1. The number of ether oxygens (including phenoxy) is 2. The molecule has 22 heavy (non-hydrogen) atoms. The number of rotatable bonds is 5. The van der Waals surface area contributed by atoms with Crippen LogP contribution < -0.4 is 10.1 Å². The van der Waals surface area contributed by atoms with E-state index in [4.69, 9.17) is 9.47 Å². The number of aliphatic carboxylic acids is 1. The molecule has 1 aromatic carbocycles. The Labute approximate surface area is 130 Å². The van der Waals surface area contributed by atoms with Gasteiger partial charge in [-0.1, -0.05) is 19.1 Å². The van der Waals surface area contributed by atoms with Gasteiger partial charge < -0.3 is 19.9 Å². The van der Waals surface area contributed by atoms with Crippen molar-refractivity contribution in [2.45, 2.75) is 45.3 Å². The summed E-state index contributed by atoms with van der Waals surface area (Å²) in [5, 5.41) is 11.8. The van der Waals surface area contributed by atoms with Gasteiger partial charge in [-0.3, -0.25) is 0 Å². The average molecular weight is 309 g/mol. The van der Waals surface area contributed by atoms with Crippen LogP contribution in [0.3, 0.4) is 0 Å². The lowest BCUT2D eigenvalue weighted by atomic mass is 9.93. The van der Waals surface area contributed by atoms with Crippen molar-refractivity contribution in [2.24, 2.45) is 0 Å². The lowest BCUT2D eigenvalue weighted by Gasteiger charge is -2.25. The van der Waals surface area contributed by atoms with Gasteiger partial charge in [0.1, 0.15) is 17.4 Å². The molecular weight excluding hydrogens is 286 g/mol. The van der Waals surface area contributed by atoms with E-state index in [0.717, 1.165) is 5.56 Å². The summed E-state index contributed by atoms with van der Waals surface area (Å²) in [6.07, 6.45) is -0.750. The first-order valence-electron chi connectivity index (χ1n) is 7.00. The largest absolute Gasteiger partial charge is 0.497 e. The van der Waals surface area contributed by atoms with E-state index in [1.54, 1.807) is 59.1 Å². The molecule has 0 aliphatic heterocycles. The standard InChI is InChI=1S/C16H23NO5/c1-10(11-6-8-12(21-5)9-7-11)13(14(18)19)17-15(20)22-16(2,3)4/h6-10,13H,1-5H3,(H,17,20)(H,18,19)/t10-,13-/m1/s1. The van der Waals surface area contributed by atoms with E-state index in [1.807, 2.05) is 0 Å². The van der Waals surface area contributed by atoms with Crippen molar-refractivity contribution in [3.63, 3.8) is 0 Å². The molecule has 0 aromatic heterocycles. The van der Waals surface area contributed by atoms with Gasteiger partial charge in [-0.15, -0.1) is 0 Å². The van der Waals surface area contributed by atoms with Crippen molar-refractivity contribution < 1.29 is 24.2 Å². The summed E-state index contributed by atoms with van der Waals surface area (Å²) in [6, 6.07) is 5.96. The summed E-state index contributed by atoms with van der Waals surface area (Å²) in [4.78, 5) is 23.2. The van der Waals surface area contributed by atoms with E-state index in [-0.39, 0.29) is 0 Å². The smallest absolute Gasteiger partial charge is 0.408 e. The number of carboxylic acids is 1. The number of methoxy groups -OCH3 is 1. The van der Waals surface area contributed by atoms with Crippen molar-refractivity contribution in [3.8, 4) is 5.75 Å². The molecular formula is C16H23NO5. The summed E-state index contributed by atoms with van der Waals surface area (Å²) < 4.78 is 10.2. The quantitative estimate of drug-likeness (QED) is 0.873. The molecule has 1 amide bonds. The van der Waals surface area contributed by atoms with Crippen LogP contribution in [0.1, 0.15) is 39.2 Å². The molecule has 0 radical (unpaired) electrons. The normalized spacial score (nSPS) is 13.9. The van der Waals surface area contributed by atoms with Crippen LogP contribution >= 0.6 is 0 Å². The third-order valence-electron chi connectivity index (χ3n) is 3.08. The Morgan fingerprint density at radius 3 is 2.14 bits per heavy atom. The molecule has 122 valence electrons. The van der Waals surface area contributed by atoms with Crippen molar-refractivity contribution in [1.29, 1.82) is 0 Å². The van der Waals surface area contributed by atoms with Crippen LogP contribution in [0.2, 0.25) is 0 Å². The monoisotopic (exact) mass is 309 g/mol. The van der Waals surface area contributed by atoms with Crippen LogP contribution in [0.25, 0.3) is 0 Å². The molecule has 6 nitrogen and oxygen atoms in total. The van der Waals surface area contributed by atoms with Gasteiger partial charge in [-0.25, -0.2) is 9.59 Å². The second-order valence-electron chi connectivity index (χ2n) is 6.02. The van der Waals surface area contributed by atoms with Crippen molar-refractivity contribution in [2.75, 3.05) is 7.11 Å². The number of nitrogens with one attached hydrogen (secondary N) is 1. The summed E-state index contributed by atoms with van der Waals surface area (Å²) in [7, 11) is 1.56. The first-order valence-corrected chi connectivity index (χ1v) is 7.00. The van der Waals surface area contributed by atoms with Crippen LogP contribution in [0.4, 0.5) is 4.79 Å². The Bertz CT molecular complexity index is 518. The molecule has 0 bridgehead atoms. The molecule has 2 N–H and O–H groups in total. The molecule has 0 saturated heterocycles. The average Bonchev–Trinajstić information content (AvgIpc) is 2.42. The number of hydrogen-bond acceptors (Lipinski definition) is 4. The van der Waals surface area contributed by atoms with Crippen LogP contribution in [0.5, 0.6) is 5.75 Å². The number of carbonyl (C=O) groups is 2. The minimum Gasteiger partial charge on any atom is -0.497 e. The molecule has 0 aliphatic rings. The van der Waals surface area contributed by atoms with Gasteiger partial charge >= 0.3 is 12.1 Å². The Morgan fingerprint density at radius 2 is 1.73 bits per heavy atom. The fourth-order valence-electron chi connectivity index (χ4n) is 1.94. The highest BCUT2D eigenvalue weighted by Gasteiger charge is 2.29. The minimum atomic E-state index is -1.12. The maximum atomic E-state index is 11.8. The summed E-state index contributed by atoms with van der Waals surface area (Å²) in [5.74, 6) is -0.854. The Morgan fingerprint density at radius 1 is 1.18 bits per heavy atom. The second kappa shape index (κ2) is 7.15. The van der Waals surface area contributed by atoms with E-state index in [0.29, 0.717) is 5.75 Å². The van der Waals surface area contributed by atoms with Gasteiger partial charge in [-0.2, -0.15) is 0 Å². The third kappa shape index (κ3) is 5.27. The highest BCUT2D eigenvalue weighted by Crippen LogP contribution is 2.22. The predicted molar refractivity (Wildman–Crippen MR) is 82.2 cm³/mol. The first kappa shape index (κ1) is 17.8. The molecule has 1 rings (SSSR count). The van der Waals surface area contributed by atoms with Crippen LogP contribution in [0, 0.1) is 0 Å². The highest BCUT2D eigenvalue weighted by atomic mass is 16.6. The number of amides is 1. The SMILES string of the molecule is COc1ccc([C@@H](C)[C@@H](NC(=O)OC(C)(C)C)C(=O)O)cc1. The molecule has 0 saturated carbocycles. The van der Waals surface area contributed by atoms with E-state index < -0.39 is 29.6 Å². The number of alkyl carbamates (subject to hydrolysis) is 1. The summed E-state index contributed by atoms with van der Waals surface area (Å²) in [6.45, 7) is 6.89. The molecule has 6 heteroatoms. The van der Waals surface area contributed by atoms with Crippen LogP contribution in [-0.2, 0) is 9.53 Å². The van der Waals surface area contributed by atoms with Crippen molar-refractivity contribution in [3.05, 3.63) is 29.8 Å². The number of hydrogen-bond donors (Lipinski definition) is 2. The topological polar surface area (TPSA) is 84.9 Å². The lowest BCUT2D eigenvalue weighted by Crippen LogP contribution is -2.46. The maximum Gasteiger partial charge on any atom is 0.408 e. The van der Waals surface area contributed by atoms with Crippen LogP contribution in [0.15, 0.2) is 24.3 Å². The molecule has 2 atom stereocenters. The van der Waals surface area contributed by atoms with Gasteiger partial charge in [0.2, 0.25) is 0 Å². The first-order chi connectivity index (χ1) is 10.1. The minimum absolute atomic E-state index is 0.420. The maximum absolute atomic E-state index is 11.8. The lowest BCUT2D eigenvalue weighted by molar-refractivity contribution is -0.140. The van der Waals surface area contributed by atoms with Crippen molar-refractivity contribution in [1.82, 2.24) is 5.32 Å². The van der Waals surface area contributed by atoms with Gasteiger partial charge in [0.15, 0.2) is 0 Å².